The summed E-state index contributed by atoms with van der Waals surface area (Å²) >= 11 is 6.46. The maximum atomic E-state index is 6.46. The van der Waals surface area contributed by atoms with E-state index < -0.39 is 7.92 Å². The van der Waals surface area contributed by atoms with Crippen LogP contribution in [0.3, 0.4) is 0 Å². The number of fused-ring (bicyclic) bond motifs is 1. The zero-order valence-electron chi connectivity index (χ0n) is 17.2. The van der Waals surface area contributed by atoms with Gasteiger partial charge in [-0.25, -0.2) is 4.99 Å². The molecule has 31 heavy (non-hydrogen) atoms. The third-order valence-corrected chi connectivity index (χ3v) is 8.37. The molecule has 5 rings (SSSR count). The highest BCUT2D eigenvalue weighted by molar-refractivity contribution is 7.76. The summed E-state index contributed by atoms with van der Waals surface area (Å²) in [6.07, 6.45) is 6.57. The molecule has 1 saturated carbocycles. The minimum absolute atomic E-state index is 0.0420. The van der Waals surface area contributed by atoms with Crippen molar-refractivity contribution in [3.8, 4) is 0 Å². The molecule has 4 heteroatoms. The molecule has 0 spiro atoms. The molecule has 2 nitrogen and oxygen atoms in total. The van der Waals surface area contributed by atoms with Crippen LogP contribution in [0.25, 0.3) is 0 Å². The van der Waals surface area contributed by atoms with Crippen molar-refractivity contribution in [3.63, 3.8) is 0 Å². The van der Waals surface area contributed by atoms with Gasteiger partial charge in [0.25, 0.3) is 0 Å². The van der Waals surface area contributed by atoms with Gasteiger partial charge in [0.2, 0.25) is 5.90 Å². The summed E-state index contributed by atoms with van der Waals surface area (Å²) in [5.74, 6) is 1.87. The van der Waals surface area contributed by atoms with Crippen LogP contribution in [0.5, 0.6) is 0 Å². The minimum Gasteiger partial charge on any atom is -0.473 e. The molecule has 2 aliphatic rings. The number of hydrogen-bond acceptors (Lipinski definition) is 2. The molecule has 153 valence electrons. The van der Waals surface area contributed by atoms with Crippen LogP contribution in [-0.2, 0) is 11.3 Å². The summed E-state index contributed by atoms with van der Waals surface area (Å²) in [5.41, 5.74) is 3.36. The molecule has 0 N–H and O–H groups in total. The van der Waals surface area contributed by atoms with E-state index in [1.165, 1.54) is 22.2 Å². The highest BCUT2D eigenvalue weighted by Gasteiger charge is 2.40. The Bertz CT molecular complexity index is 1030. The number of benzene rings is 3. The topological polar surface area (TPSA) is 21.6 Å². The summed E-state index contributed by atoms with van der Waals surface area (Å²) in [7, 11) is -0.675. The van der Waals surface area contributed by atoms with Crippen molar-refractivity contribution in [2.45, 2.75) is 19.6 Å². The molecule has 0 aromatic heterocycles. The van der Waals surface area contributed by atoms with Gasteiger partial charge in [-0.3, -0.25) is 0 Å². The van der Waals surface area contributed by atoms with Gasteiger partial charge in [0, 0.05) is 17.1 Å². The number of halogens is 1. The highest BCUT2D eigenvalue weighted by Crippen LogP contribution is 2.57. The molecule has 0 saturated heterocycles. The van der Waals surface area contributed by atoms with Crippen LogP contribution in [0.4, 0.5) is 0 Å². The summed E-state index contributed by atoms with van der Waals surface area (Å²) in [6.45, 7) is 2.66. The quantitative estimate of drug-likeness (QED) is 0.453. The Morgan fingerprint density at radius 2 is 1.55 bits per heavy atom. The number of hydrogen-bond donors (Lipinski definition) is 0. The summed E-state index contributed by atoms with van der Waals surface area (Å²) in [6, 6.07) is 27.4. The zero-order valence-corrected chi connectivity index (χ0v) is 18.9. The molecule has 1 aliphatic carbocycles. The van der Waals surface area contributed by atoms with E-state index in [9.17, 15) is 0 Å². The molecule has 5 radical (unpaired) electrons. The molecular weight excluding hydrogens is 421 g/mol. The SMILES string of the molecule is C[C@@H](N=C1OCc2cccc(Cl)c21)[C]1[CH][CH][CH][C]1P(c1ccccc1)c1ccccc1. The fourth-order valence-electron chi connectivity index (χ4n) is 4.06. The van der Waals surface area contributed by atoms with E-state index in [0.29, 0.717) is 17.5 Å². The van der Waals surface area contributed by atoms with Crippen molar-refractivity contribution >= 4 is 36.0 Å². The van der Waals surface area contributed by atoms with Crippen LogP contribution in [0.15, 0.2) is 83.9 Å². The molecular formula is C27H22ClNOP. The Labute approximate surface area is 191 Å². The van der Waals surface area contributed by atoms with Gasteiger partial charge in [0.05, 0.1) is 16.6 Å². The first-order chi connectivity index (χ1) is 15.2. The number of nitrogens with zero attached hydrogens (tertiary/aromatic N) is 1. The van der Waals surface area contributed by atoms with Crippen LogP contribution in [0.1, 0.15) is 18.1 Å². The van der Waals surface area contributed by atoms with Gasteiger partial charge in [-0.2, -0.15) is 0 Å². The van der Waals surface area contributed by atoms with Crippen LogP contribution >= 0.6 is 19.5 Å². The third-order valence-electron chi connectivity index (χ3n) is 5.53. The largest absolute Gasteiger partial charge is 0.473 e. The number of aliphatic imine (C=N–C) groups is 1. The molecule has 0 bridgehead atoms. The van der Waals surface area contributed by atoms with Gasteiger partial charge < -0.3 is 4.74 Å². The number of rotatable bonds is 5. The highest BCUT2D eigenvalue weighted by atomic mass is 35.5. The van der Waals surface area contributed by atoms with Crippen molar-refractivity contribution in [2.75, 3.05) is 0 Å². The smallest absolute Gasteiger partial charge is 0.218 e. The van der Waals surface area contributed by atoms with Crippen LogP contribution in [-0.4, -0.2) is 11.9 Å². The Kier molecular flexibility index (Phi) is 6.12. The van der Waals surface area contributed by atoms with Crippen LogP contribution < -0.4 is 10.6 Å². The van der Waals surface area contributed by atoms with E-state index in [4.69, 9.17) is 21.3 Å². The average molecular weight is 443 g/mol. The Morgan fingerprint density at radius 1 is 0.871 bits per heavy atom. The molecule has 1 heterocycles. The van der Waals surface area contributed by atoms with E-state index in [2.05, 4.69) is 86.8 Å². The molecule has 3 aromatic carbocycles. The first-order valence-electron chi connectivity index (χ1n) is 10.4. The predicted octanol–water partition coefficient (Wildman–Crippen LogP) is 5.87. The van der Waals surface area contributed by atoms with Crippen LogP contribution in [0.2, 0.25) is 5.02 Å². The third kappa shape index (κ3) is 4.16. The van der Waals surface area contributed by atoms with Crippen molar-refractivity contribution in [1.29, 1.82) is 0 Å². The first kappa shape index (κ1) is 20.7. The summed E-state index contributed by atoms with van der Waals surface area (Å²) < 4.78 is 5.91. The van der Waals surface area contributed by atoms with Gasteiger partial charge in [-0.15, -0.1) is 0 Å². The maximum Gasteiger partial charge on any atom is 0.218 e. The Hall–Kier alpha value is -2.15. The Morgan fingerprint density at radius 3 is 2.23 bits per heavy atom. The van der Waals surface area contributed by atoms with Gasteiger partial charge in [0.15, 0.2) is 0 Å². The monoisotopic (exact) mass is 442 g/mol. The standard InChI is InChI=1S/C27H22ClNOP/c1-19(29-27-26-20(18-30-27)10-8-16-24(26)28)23-15-9-17-25(23)31(21-11-4-2-5-12-21)22-13-6-3-7-14-22/h2-17,19H,18H2,1H3/t19-/m1/s1. The molecule has 0 amide bonds. The normalized spacial score (nSPS) is 19.0. The fraction of sp³-hybridized carbons (Fsp3) is 0.111. The molecule has 1 aliphatic heterocycles. The minimum atomic E-state index is -0.675. The van der Waals surface area contributed by atoms with Gasteiger partial charge in [0.1, 0.15) is 6.61 Å². The van der Waals surface area contributed by atoms with Gasteiger partial charge >= 0.3 is 0 Å². The van der Waals surface area contributed by atoms with E-state index in [1.807, 2.05) is 18.2 Å². The summed E-state index contributed by atoms with van der Waals surface area (Å²) in [5, 5.41) is 3.36. The van der Waals surface area contributed by atoms with Gasteiger partial charge in [-0.05, 0) is 50.8 Å². The molecule has 0 unspecified atom stereocenters. The first-order valence-corrected chi connectivity index (χ1v) is 12.1. The van der Waals surface area contributed by atoms with Crippen LogP contribution in [0, 0.1) is 30.8 Å². The second kappa shape index (κ2) is 9.15. The lowest BCUT2D eigenvalue weighted by Gasteiger charge is -2.31. The lowest BCUT2D eigenvalue weighted by molar-refractivity contribution is 0.310. The summed E-state index contributed by atoms with van der Waals surface area (Å²) in [4.78, 5) is 4.97. The number of ether oxygens (including phenoxy) is 1. The lowest BCUT2D eigenvalue weighted by atomic mass is 9.99. The lowest BCUT2D eigenvalue weighted by Crippen LogP contribution is -2.24. The van der Waals surface area contributed by atoms with Crippen molar-refractivity contribution in [1.82, 2.24) is 0 Å². The predicted molar refractivity (Wildman–Crippen MR) is 131 cm³/mol. The van der Waals surface area contributed by atoms with Crippen molar-refractivity contribution in [2.24, 2.45) is 4.99 Å². The fourth-order valence-corrected chi connectivity index (χ4v) is 6.88. The van der Waals surface area contributed by atoms with E-state index in [0.717, 1.165) is 11.1 Å². The molecule has 3 aromatic rings. The van der Waals surface area contributed by atoms with E-state index in [-0.39, 0.29) is 6.04 Å². The van der Waals surface area contributed by atoms with E-state index >= 15 is 0 Å². The second-order valence-corrected chi connectivity index (χ2v) is 10.1. The second-order valence-electron chi connectivity index (χ2n) is 7.55. The maximum absolute atomic E-state index is 6.46. The average Bonchev–Trinajstić information content (AvgIpc) is 3.44. The van der Waals surface area contributed by atoms with E-state index in [1.54, 1.807) is 0 Å². The molecule has 1 fully saturated rings. The van der Waals surface area contributed by atoms with Crippen molar-refractivity contribution in [3.05, 3.63) is 126 Å². The molecule has 1 atom stereocenters. The Balaban J connectivity index is 1.48. The zero-order chi connectivity index (χ0) is 21.2. The van der Waals surface area contributed by atoms with Gasteiger partial charge in [-0.1, -0.05) is 84.4 Å². The van der Waals surface area contributed by atoms with Crippen molar-refractivity contribution < 1.29 is 4.74 Å².